The van der Waals surface area contributed by atoms with Crippen molar-refractivity contribution in [1.29, 1.82) is 0 Å². The zero-order valence-corrected chi connectivity index (χ0v) is 20.3. The number of methoxy groups -OCH3 is 2. The molecule has 1 unspecified atom stereocenters. The number of carbonyl (C=O) groups excluding carboxylic acids is 2. The highest BCUT2D eigenvalue weighted by molar-refractivity contribution is 5.88. The van der Waals surface area contributed by atoms with E-state index in [1.165, 1.54) is 26.7 Å². The van der Waals surface area contributed by atoms with E-state index in [1.54, 1.807) is 6.08 Å². The summed E-state index contributed by atoms with van der Waals surface area (Å²) >= 11 is 0. The first-order valence-corrected chi connectivity index (χ1v) is 11.9. The number of unbranched alkanes of at least 4 members (excludes halogenated alkanes) is 3. The summed E-state index contributed by atoms with van der Waals surface area (Å²) in [7, 11) is 2.72. The smallest absolute Gasteiger partial charge is 0.330 e. The molecule has 1 atom stereocenters. The van der Waals surface area contributed by atoms with Gasteiger partial charge in [0.2, 0.25) is 0 Å². The molecular formula is C27H36O7. The molecule has 0 bridgehead atoms. The van der Waals surface area contributed by atoms with E-state index in [0.29, 0.717) is 38.2 Å². The molecule has 0 radical (unpaired) electrons. The Morgan fingerprint density at radius 2 is 1.94 bits per heavy atom. The van der Waals surface area contributed by atoms with Crippen LogP contribution >= 0.6 is 0 Å². The van der Waals surface area contributed by atoms with Crippen LogP contribution < -0.4 is 4.74 Å². The summed E-state index contributed by atoms with van der Waals surface area (Å²) in [5, 5.41) is 0. The summed E-state index contributed by atoms with van der Waals surface area (Å²) in [6.45, 7) is 1.91. The molecule has 0 saturated carbocycles. The zero-order chi connectivity index (χ0) is 24.4. The fourth-order valence-corrected chi connectivity index (χ4v) is 3.36. The molecule has 0 N–H and O–H groups in total. The lowest BCUT2D eigenvalue weighted by atomic mass is 10.1. The first-order chi connectivity index (χ1) is 16.6. The molecule has 1 aliphatic rings. The molecule has 1 aromatic rings. The highest BCUT2D eigenvalue weighted by Crippen LogP contribution is 2.24. The number of benzene rings is 1. The van der Waals surface area contributed by atoms with Crippen molar-refractivity contribution in [1.82, 2.24) is 0 Å². The third kappa shape index (κ3) is 10.9. The van der Waals surface area contributed by atoms with Gasteiger partial charge in [-0.05, 0) is 63.2 Å². The molecule has 1 aromatic carbocycles. The van der Waals surface area contributed by atoms with Crippen LogP contribution in [0.25, 0.3) is 6.08 Å². The number of ether oxygens (including phenoxy) is 5. The van der Waals surface area contributed by atoms with Gasteiger partial charge in [-0.1, -0.05) is 17.9 Å². The summed E-state index contributed by atoms with van der Waals surface area (Å²) < 4.78 is 26.6. The highest BCUT2D eigenvalue weighted by Gasteiger charge is 2.13. The van der Waals surface area contributed by atoms with Crippen molar-refractivity contribution in [2.24, 2.45) is 0 Å². The lowest BCUT2D eigenvalue weighted by molar-refractivity contribution is -0.162. The minimum atomic E-state index is -0.450. The van der Waals surface area contributed by atoms with Gasteiger partial charge in [0.15, 0.2) is 6.29 Å². The SMILES string of the molecule is COC(=O)/C=C/c1c(C#CCCCCOC2CCCCO2)cccc1OCCCCC(=O)OC. The maximum atomic E-state index is 11.6. The van der Waals surface area contributed by atoms with Crippen LogP contribution in [-0.2, 0) is 28.5 Å². The average molecular weight is 473 g/mol. The molecule has 1 heterocycles. The van der Waals surface area contributed by atoms with Gasteiger partial charge in [0.25, 0.3) is 0 Å². The molecule has 0 amide bonds. The number of esters is 2. The Hall–Kier alpha value is -2.82. The van der Waals surface area contributed by atoms with Gasteiger partial charge in [-0.2, -0.15) is 0 Å². The van der Waals surface area contributed by atoms with Crippen LogP contribution in [0, 0.1) is 11.8 Å². The molecule has 1 aliphatic heterocycles. The van der Waals surface area contributed by atoms with Crippen molar-refractivity contribution in [3.63, 3.8) is 0 Å². The van der Waals surface area contributed by atoms with E-state index in [9.17, 15) is 9.59 Å². The van der Waals surface area contributed by atoms with E-state index in [1.807, 2.05) is 18.2 Å². The van der Waals surface area contributed by atoms with Crippen molar-refractivity contribution < 1.29 is 33.3 Å². The molecule has 2 rings (SSSR count). The van der Waals surface area contributed by atoms with Crippen LogP contribution in [-0.4, -0.2) is 52.3 Å². The van der Waals surface area contributed by atoms with Crippen molar-refractivity contribution in [3.05, 3.63) is 35.4 Å². The third-order valence-corrected chi connectivity index (χ3v) is 5.27. The second-order valence-electron chi connectivity index (χ2n) is 7.88. The van der Waals surface area contributed by atoms with Gasteiger partial charge in [0, 0.05) is 43.3 Å². The van der Waals surface area contributed by atoms with Crippen LogP contribution in [0.5, 0.6) is 5.75 Å². The van der Waals surface area contributed by atoms with E-state index in [-0.39, 0.29) is 12.3 Å². The Balaban J connectivity index is 1.89. The number of carbonyl (C=O) groups is 2. The first kappa shape index (κ1) is 27.4. The molecule has 7 heteroatoms. The fourth-order valence-electron chi connectivity index (χ4n) is 3.36. The second-order valence-corrected chi connectivity index (χ2v) is 7.88. The number of hydrogen-bond acceptors (Lipinski definition) is 7. The Kier molecular flexibility index (Phi) is 13.5. The van der Waals surface area contributed by atoms with E-state index < -0.39 is 5.97 Å². The monoisotopic (exact) mass is 472 g/mol. The van der Waals surface area contributed by atoms with Gasteiger partial charge in [-0.25, -0.2) is 4.79 Å². The first-order valence-electron chi connectivity index (χ1n) is 11.9. The van der Waals surface area contributed by atoms with Crippen molar-refractivity contribution >= 4 is 18.0 Å². The molecule has 186 valence electrons. The van der Waals surface area contributed by atoms with Crippen molar-refractivity contribution in [2.75, 3.05) is 34.0 Å². The molecule has 1 fully saturated rings. The third-order valence-electron chi connectivity index (χ3n) is 5.27. The number of rotatable bonds is 13. The molecule has 0 spiro atoms. The highest BCUT2D eigenvalue weighted by atomic mass is 16.7. The van der Waals surface area contributed by atoms with E-state index in [0.717, 1.165) is 49.8 Å². The normalized spacial score (nSPS) is 15.4. The van der Waals surface area contributed by atoms with Gasteiger partial charge in [-0.3, -0.25) is 4.79 Å². The summed E-state index contributed by atoms with van der Waals surface area (Å²) in [5.41, 5.74) is 1.50. The van der Waals surface area contributed by atoms with E-state index >= 15 is 0 Å². The quantitative estimate of drug-likeness (QED) is 0.179. The van der Waals surface area contributed by atoms with Gasteiger partial charge in [-0.15, -0.1) is 0 Å². The molecule has 34 heavy (non-hydrogen) atoms. The van der Waals surface area contributed by atoms with Crippen molar-refractivity contribution in [3.8, 4) is 17.6 Å². The molecule has 1 saturated heterocycles. The van der Waals surface area contributed by atoms with Gasteiger partial charge in [0.1, 0.15) is 5.75 Å². The van der Waals surface area contributed by atoms with E-state index in [2.05, 4.69) is 16.6 Å². The standard InChI is InChI=1S/C27H36O7/c1-30-25(28)15-6-9-19-32-24-14-11-13-22(23(24)17-18-26(29)31-2)12-5-3-4-8-20-33-27-16-7-10-21-34-27/h11,13-14,17-18,27H,3-4,6-10,15-16,19-21H2,1-2H3/b18-17+. The summed E-state index contributed by atoms with van der Waals surface area (Å²) in [6, 6.07) is 5.62. The van der Waals surface area contributed by atoms with Gasteiger partial charge < -0.3 is 23.7 Å². The van der Waals surface area contributed by atoms with Gasteiger partial charge >= 0.3 is 11.9 Å². The predicted octanol–water partition coefficient (Wildman–Crippen LogP) is 4.66. The summed E-state index contributed by atoms with van der Waals surface area (Å²) in [4.78, 5) is 22.9. The minimum Gasteiger partial charge on any atom is -0.493 e. The van der Waals surface area contributed by atoms with Crippen LogP contribution in [0.2, 0.25) is 0 Å². The largest absolute Gasteiger partial charge is 0.493 e. The molecule has 0 aliphatic carbocycles. The average Bonchev–Trinajstić information content (AvgIpc) is 2.87. The molecular weight excluding hydrogens is 436 g/mol. The maximum Gasteiger partial charge on any atom is 0.330 e. The van der Waals surface area contributed by atoms with Crippen molar-refractivity contribution in [2.45, 2.75) is 64.1 Å². The summed E-state index contributed by atoms with van der Waals surface area (Å²) in [6.07, 6.45) is 10.6. The number of hydrogen-bond donors (Lipinski definition) is 0. The van der Waals surface area contributed by atoms with E-state index in [4.69, 9.17) is 18.9 Å². The summed E-state index contributed by atoms with van der Waals surface area (Å²) in [5.74, 6) is 6.36. The van der Waals surface area contributed by atoms with Crippen LogP contribution in [0.15, 0.2) is 24.3 Å². The topological polar surface area (TPSA) is 80.3 Å². The Labute approximate surface area is 202 Å². The second kappa shape index (κ2) is 16.7. The zero-order valence-electron chi connectivity index (χ0n) is 20.3. The van der Waals surface area contributed by atoms with Crippen LogP contribution in [0.3, 0.4) is 0 Å². The lowest BCUT2D eigenvalue weighted by Gasteiger charge is -2.22. The lowest BCUT2D eigenvalue weighted by Crippen LogP contribution is -2.22. The van der Waals surface area contributed by atoms with Crippen LogP contribution in [0.4, 0.5) is 0 Å². The van der Waals surface area contributed by atoms with Crippen LogP contribution in [0.1, 0.15) is 68.9 Å². The predicted molar refractivity (Wildman–Crippen MR) is 129 cm³/mol. The molecule has 7 nitrogen and oxygen atoms in total. The maximum absolute atomic E-state index is 11.6. The Bertz CT molecular complexity index is 844. The minimum absolute atomic E-state index is 0.0489. The van der Waals surface area contributed by atoms with Gasteiger partial charge in [0.05, 0.1) is 20.8 Å². The fraction of sp³-hybridized carbons (Fsp3) is 0.556. The Morgan fingerprint density at radius 1 is 1.09 bits per heavy atom. The molecule has 0 aromatic heterocycles. The Morgan fingerprint density at radius 3 is 2.71 bits per heavy atom.